The molecule has 0 saturated heterocycles. The number of rotatable bonds is 4. The highest BCUT2D eigenvalue weighted by molar-refractivity contribution is 5.82. The van der Waals surface area contributed by atoms with Crippen LogP contribution in [0.2, 0.25) is 0 Å². The van der Waals surface area contributed by atoms with Crippen LogP contribution in [-0.4, -0.2) is 23.4 Å². The molecular weight excluding hydrogens is 212 g/mol. The van der Waals surface area contributed by atoms with Gasteiger partial charge in [-0.15, -0.1) is 0 Å². The van der Waals surface area contributed by atoms with Crippen molar-refractivity contribution in [3.05, 3.63) is 30.3 Å². The van der Waals surface area contributed by atoms with Gasteiger partial charge in [0.25, 0.3) is 0 Å². The highest BCUT2D eigenvalue weighted by atomic mass is 15.4. The highest BCUT2D eigenvalue weighted by Gasteiger charge is 2.12. The third-order valence-electron chi connectivity index (χ3n) is 2.48. The van der Waals surface area contributed by atoms with Crippen molar-refractivity contribution in [2.75, 3.05) is 6.54 Å². The standard InChI is InChI=1S/C13H22N4/c1-4-10-17(11(2)3)13(16-14)15-12-8-6-5-7-9-12/h5-9,11H,4,10,14H2,1-3H3,(H,15,16). The first kappa shape index (κ1) is 13.5. The van der Waals surface area contributed by atoms with E-state index in [9.17, 15) is 0 Å². The number of benzene rings is 1. The molecule has 1 rings (SSSR count). The maximum atomic E-state index is 5.57. The van der Waals surface area contributed by atoms with Gasteiger partial charge in [-0.25, -0.2) is 10.8 Å². The van der Waals surface area contributed by atoms with Gasteiger partial charge in [-0.05, 0) is 32.4 Å². The zero-order valence-electron chi connectivity index (χ0n) is 10.9. The van der Waals surface area contributed by atoms with E-state index in [0.717, 1.165) is 18.7 Å². The van der Waals surface area contributed by atoms with Crippen LogP contribution >= 0.6 is 0 Å². The number of nitrogens with one attached hydrogen (secondary N) is 1. The predicted octanol–water partition coefficient (Wildman–Crippen LogP) is 2.26. The van der Waals surface area contributed by atoms with Crippen LogP contribution in [0.1, 0.15) is 27.2 Å². The largest absolute Gasteiger partial charge is 0.339 e. The third-order valence-corrected chi connectivity index (χ3v) is 2.48. The molecule has 17 heavy (non-hydrogen) atoms. The van der Waals surface area contributed by atoms with Crippen LogP contribution in [0.5, 0.6) is 0 Å². The summed E-state index contributed by atoms with van der Waals surface area (Å²) in [5.74, 6) is 6.28. The summed E-state index contributed by atoms with van der Waals surface area (Å²) in [4.78, 5) is 6.68. The molecule has 0 aliphatic rings. The van der Waals surface area contributed by atoms with Gasteiger partial charge < -0.3 is 4.90 Å². The minimum absolute atomic E-state index is 0.369. The van der Waals surface area contributed by atoms with Gasteiger partial charge in [0.2, 0.25) is 5.96 Å². The predicted molar refractivity (Wildman–Crippen MR) is 73.0 cm³/mol. The van der Waals surface area contributed by atoms with Crippen LogP contribution in [-0.2, 0) is 0 Å². The summed E-state index contributed by atoms with van der Waals surface area (Å²) in [5.41, 5.74) is 3.60. The summed E-state index contributed by atoms with van der Waals surface area (Å²) in [7, 11) is 0. The first-order chi connectivity index (χ1) is 8.19. The second-order valence-corrected chi connectivity index (χ2v) is 4.20. The maximum absolute atomic E-state index is 5.57. The lowest BCUT2D eigenvalue weighted by molar-refractivity contribution is 0.338. The van der Waals surface area contributed by atoms with Gasteiger partial charge in [0.1, 0.15) is 0 Å². The third kappa shape index (κ3) is 4.07. The fourth-order valence-corrected chi connectivity index (χ4v) is 1.65. The summed E-state index contributed by atoms with van der Waals surface area (Å²) in [5, 5.41) is 0. The summed E-state index contributed by atoms with van der Waals surface area (Å²) < 4.78 is 0. The molecule has 94 valence electrons. The number of hydrazine groups is 1. The van der Waals surface area contributed by atoms with Gasteiger partial charge in [-0.1, -0.05) is 25.1 Å². The van der Waals surface area contributed by atoms with Crippen LogP contribution in [0.3, 0.4) is 0 Å². The molecule has 0 unspecified atom stereocenters. The number of para-hydroxylation sites is 1. The lowest BCUT2D eigenvalue weighted by Gasteiger charge is -2.28. The lowest BCUT2D eigenvalue weighted by atomic mass is 10.3. The number of nitrogens with zero attached hydrogens (tertiary/aromatic N) is 2. The van der Waals surface area contributed by atoms with E-state index in [4.69, 9.17) is 5.84 Å². The molecule has 0 aromatic heterocycles. The Labute approximate surface area is 104 Å². The zero-order chi connectivity index (χ0) is 12.7. The van der Waals surface area contributed by atoms with Crippen molar-refractivity contribution >= 4 is 11.6 Å². The van der Waals surface area contributed by atoms with Crippen LogP contribution in [0.25, 0.3) is 0 Å². The van der Waals surface area contributed by atoms with E-state index in [0.29, 0.717) is 12.0 Å². The van der Waals surface area contributed by atoms with Gasteiger partial charge >= 0.3 is 0 Å². The van der Waals surface area contributed by atoms with E-state index in [2.05, 4.69) is 36.1 Å². The van der Waals surface area contributed by atoms with Crippen molar-refractivity contribution < 1.29 is 0 Å². The van der Waals surface area contributed by atoms with Crippen molar-refractivity contribution in [1.82, 2.24) is 10.3 Å². The van der Waals surface area contributed by atoms with Gasteiger partial charge in [0.15, 0.2) is 0 Å². The molecule has 0 heterocycles. The Kier molecular flexibility index (Phi) is 5.49. The molecule has 0 amide bonds. The molecule has 4 heteroatoms. The number of aliphatic imine (C=N–C) groups is 1. The smallest absolute Gasteiger partial charge is 0.213 e. The van der Waals surface area contributed by atoms with E-state index in [1.54, 1.807) is 0 Å². The van der Waals surface area contributed by atoms with Crippen molar-refractivity contribution in [1.29, 1.82) is 0 Å². The normalized spacial score (nSPS) is 11.7. The van der Waals surface area contributed by atoms with Gasteiger partial charge in [0.05, 0.1) is 5.69 Å². The number of nitrogens with two attached hydrogens (primary N) is 1. The van der Waals surface area contributed by atoms with E-state index in [1.807, 2.05) is 30.3 Å². The average Bonchev–Trinajstić information content (AvgIpc) is 2.34. The maximum Gasteiger partial charge on any atom is 0.213 e. The minimum atomic E-state index is 0.369. The van der Waals surface area contributed by atoms with Crippen molar-refractivity contribution in [2.45, 2.75) is 33.2 Å². The minimum Gasteiger partial charge on any atom is -0.339 e. The van der Waals surface area contributed by atoms with Crippen molar-refractivity contribution in [2.24, 2.45) is 10.8 Å². The monoisotopic (exact) mass is 234 g/mol. The molecule has 0 aliphatic heterocycles. The average molecular weight is 234 g/mol. The Morgan fingerprint density at radius 2 is 2.00 bits per heavy atom. The molecule has 1 aromatic rings. The van der Waals surface area contributed by atoms with Crippen LogP contribution < -0.4 is 11.3 Å². The molecule has 0 fully saturated rings. The SMILES string of the molecule is CCCN(C(=Nc1ccccc1)NN)C(C)C. The van der Waals surface area contributed by atoms with Crippen LogP contribution in [0, 0.1) is 0 Å². The number of guanidine groups is 1. The summed E-state index contributed by atoms with van der Waals surface area (Å²) in [6.07, 6.45) is 1.06. The van der Waals surface area contributed by atoms with E-state index in [-0.39, 0.29) is 0 Å². The second-order valence-electron chi connectivity index (χ2n) is 4.20. The van der Waals surface area contributed by atoms with Gasteiger partial charge in [0, 0.05) is 12.6 Å². The molecule has 0 radical (unpaired) electrons. The first-order valence-electron chi connectivity index (χ1n) is 6.06. The second kappa shape index (κ2) is 6.91. The summed E-state index contributed by atoms with van der Waals surface area (Å²) >= 11 is 0. The van der Waals surface area contributed by atoms with Gasteiger partial charge in [-0.3, -0.25) is 5.43 Å². The molecule has 0 bridgehead atoms. The molecule has 4 nitrogen and oxygen atoms in total. The Bertz CT molecular complexity index is 346. The topological polar surface area (TPSA) is 53.6 Å². The summed E-state index contributed by atoms with van der Waals surface area (Å²) in [6, 6.07) is 10.2. The number of hydrogen-bond acceptors (Lipinski definition) is 2. The number of hydrogen-bond donors (Lipinski definition) is 2. The Morgan fingerprint density at radius 3 is 2.47 bits per heavy atom. The highest BCUT2D eigenvalue weighted by Crippen LogP contribution is 2.11. The molecule has 0 aliphatic carbocycles. The molecule has 0 spiro atoms. The van der Waals surface area contributed by atoms with E-state index in [1.165, 1.54) is 0 Å². The van der Waals surface area contributed by atoms with E-state index >= 15 is 0 Å². The molecule has 0 saturated carbocycles. The van der Waals surface area contributed by atoms with Gasteiger partial charge in [-0.2, -0.15) is 0 Å². The molecule has 3 N–H and O–H groups in total. The summed E-state index contributed by atoms with van der Waals surface area (Å²) in [6.45, 7) is 7.35. The van der Waals surface area contributed by atoms with Crippen molar-refractivity contribution in [3.8, 4) is 0 Å². The fourth-order valence-electron chi connectivity index (χ4n) is 1.65. The Morgan fingerprint density at radius 1 is 1.35 bits per heavy atom. The van der Waals surface area contributed by atoms with Crippen LogP contribution in [0.15, 0.2) is 35.3 Å². The zero-order valence-corrected chi connectivity index (χ0v) is 10.9. The molecule has 0 atom stereocenters. The quantitative estimate of drug-likeness (QED) is 0.363. The molecular formula is C13H22N4. The van der Waals surface area contributed by atoms with Crippen LogP contribution in [0.4, 0.5) is 5.69 Å². The van der Waals surface area contributed by atoms with Crippen molar-refractivity contribution in [3.63, 3.8) is 0 Å². The first-order valence-corrected chi connectivity index (χ1v) is 6.06. The Hall–Kier alpha value is -1.55. The fraction of sp³-hybridized carbons (Fsp3) is 0.462. The Balaban J connectivity index is 2.92. The molecule has 1 aromatic carbocycles. The van der Waals surface area contributed by atoms with E-state index < -0.39 is 0 Å². The lowest BCUT2D eigenvalue weighted by Crippen LogP contribution is -2.48.